The minimum Gasteiger partial charge on any atom is -0.346 e. The van der Waals surface area contributed by atoms with Crippen molar-refractivity contribution in [3.63, 3.8) is 0 Å². The van der Waals surface area contributed by atoms with Crippen molar-refractivity contribution < 1.29 is 13.2 Å². The molecule has 154 valence electrons. The summed E-state index contributed by atoms with van der Waals surface area (Å²) in [6.45, 7) is 8.60. The summed E-state index contributed by atoms with van der Waals surface area (Å²) in [5.74, 6) is -0.137. The molecule has 3 rings (SSSR count). The van der Waals surface area contributed by atoms with E-state index in [1.807, 2.05) is 44.2 Å². The van der Waals surface area contributed by atoms with Crippen LogP contribution in [-0.2, 0) is 10.0 Å². The van der Waals surface area contributed by atoms with Gasteiger partial charge in [-0.2, -0.15) is 4.31 Å². The Kier molecular flexibility index (Phi) is 6.24. The van der Waals surface area contributed by atoms with E-state index in [1.54, 1.807) is 24.3 Å². The molecule has 0 unspecified atom stereocenters. The predicted octanol–water partition coefficient (Wildman–Crippen LogP) is 3.91. The summed E-state index contributed by atoms with van der Waals surface area (Å²) in [4.78, 5) is 13.1. The van der Waals surface area contributed by atoms with Gasteiger partial charge in [-0.25, -0.2) is 8.42 Å². The van der Waals surface area contributed by atoms with Crippen LogP contribution in [0.1, 0.15) is 42.1 Å². The lowest BCUT2D eigenvalue weighted by molar-refractivity contribution is 0.0854. The predicted molar refractivity (Wildman–Crippen MR) is 115 cm³/mol. The van der Waals surface area contributed by atoms with Gasteiger partial charge in [0.25, 0.3) is 5.91 Å². The Bertz CT molecular complexity index is 975. The summed E-state index contributed by atoms with van der Waals surface area (Å²) in [5, 5.41) is 3.18. The van der Waals surface area contributed by atoms with Crippen LogP contribution in [-0.4, -0.2) is 37.3 Å². The SMILES string of the molecule is C=C(C)CC1(NC(=O)c2ccccc2)CCN(S(=O)(=O)c2ccc(C)cc2)CC1. The minimum atomic E-state index is -3.54. The molecule has 2 aromatic carbocycles. The van der Waals surface area contributed by atoms with Crippen molar-refractivity contribution in [3.05, 3.63) is 77.9 Å². The van der Waals surface area contributed by atoms with Gasteiger partial charge in [-0.3, -0.25) is 4.79 Å². The number of hydrogen-bond acceptors (Lipinski definition) is 3. The number of amides is 1. The number of benzene rings is 2. The Morgan fingerprint density at radius 1 is 1.07 bits per heavy atom. The van der Waals surface area contributed by atoms with Gasteiger partial charge in [-0.05, 0) is 57.4 Å². The first kappa shape index (κ1) is 21.3. The molecular formula is C23H28N2O3S. The lowest BCUT2D eigenvalue weighted by Crippen LogP contribution is -2.56. The molecule has 5 nitrogen and oxygen atoms in total. The topological polar surface area (TPSA) is 66.5 Å². The van der Waals surface area contributed by atoms with Crippen LogP contribution in [0.3, 0.4) is 0 Å². The van der Waals surface area contributed by atoms with Gasteiger partial charge in [0, 0.05) is 24.2 Å². The van der Waals surface area contributed by atoms with E-state index in [-0.39, 0.29) is 5.91 Å². The Morgan fingerprint density at radius 2 is 1.66 bits per heavy atom. The van der Waals surface area contributed by atoms with Gasteiger partial charge < -0.3 is 5.32 Å². The number of carbonyl (C=O) groups excluding carboxylic acids is 1. The first-order valence-corrected chi connectivity index (χ1v) is 11.2. The standard InChI is InChI=1S/C23H28N2O3S/c1-18(2)17-23(24-22(26)20-7-5-4-6-8-20)13-15-25(16-14-23)29(27,28)21-11-9-19(3)10-12-21/h4-12H,1,13-17H2,2-3H3,(H,24,26). The lowest BCUT2D eigenvalue weighted by atomic mass is 9.82. The van der Waals surface area contributed by atoms with E-state index in [9.17, 15) is 13.2 Å². The molecule has 1 amide bonds. The van der Waals surface area contributed by atoms with Crippen LogP contribution in [0, 0.1) is 6.92 Å². The monoisotopic (exact) mass is 412 g/mol. The summed E-state index contributed by atoms with van der Waals surface area (Å²) in [6, 6.07) is 16.0. The second-order valence-electron chi connectivity index (χ2n) is 7.95. The van der Waals surface area contributed by atoms with Crippen molar-refractivity contribution in [2.24, 2.45) is 0 Å². The normalized spacial score (nSPS) is 16.9. The Balaban J connectivity index is 1.76. The molecule has 1 heterocycles. The largest absolute Gasteiger partial charge is 0.346 e. The van der Waals surface area contributed by atoms with Gasteiger partial charge >= 0.3 is 0 Å². The van der Waals surface area contributed by atoms with Crippen molar-refractivity contribution >= 4 is 15.9 Å². The first-order valence-electron chi connectivity index (χ1n) is 9.81. The zero-order valence-corrected chi connectivity index (χ0v) is 17.8. The molecule has 0 spiro atoms. The number of hydrogen-bond donors (Lipinski definition) is 1. The lowest BCUT2D eigenvalue weighted by Gasteiger charge is -2.42. The average molecular weight is 413 g/mol. The van der Waals surface area contributed by atoms with Crippen LogP contribution in [0.15, 0.2) is 71.6 Å². The summed E-state index contributed by atoms with van der Waals surface area (Å²) < 4.78 is 27.5. The number of rotatable bonds is 6. The van der Waals surface area contributed by atoms with E-state index >= 15 is 0 Å². The maximum absolute atomic E-state index is 13.0. The van der Waals surface area contributed by atoms with Crippen LogP contribution >= 0.6 is 0 Å². The van der Waals surface area contributed by atoms with Gasteiger partial charge in [0.05, 0.1) is 4.90 Å². The molecule has 1 fully saturated rings. The summed E-state index contributed by atoms with van der Waals surface area (Å²) in [7, 11) is -3.54. The molecule has 0 radical (unpaired) electrons. The molecule has 1 N–H and O–H groups in total. The molecule has 1 saturated heterocycles. The Labute approximate surface area is 173 Å². The Hall–Kier alpha value is -2.44. The second kappa shape index (κ2) is 8.51. The van der Waals surface area contributed by atoms with Crippen LogP contribution in [0.25, 0.3) is 0 Å². The third-order valence-electron chi connectivity index (χ3n) is 5.39. The highest BCUT2D eigenvalue weighted by Crippen LogP contribution is 2.31. The highest BCUT2D eigenvalue weighted by atomic mass is 32.2. The van der Waals surface area contributed by atoms with Crippen LogP contribution in [0.4, 0.5) is 0 Å². The van der Waals surface area contributed by atoms with Crippen molar-refractivity contribution in [2.75, 3.05) is 13.1 Å². The highest BCUT2D eigenvalue weighted by Gasteiger charge is 2.39. The molecular weight excluding hydrogens is 384 g/mol. The maximum atomic E-state index is 13.0. The van der Waals surface area contributed by atoms with E-state index in [1.165, 1.54) is 4.31 Å². The molecule has 1 aliphatic heterocycles. The summed E-state index contributed by atoms with van der Waals surface area (Å²) in [6.07, 6.45) is 1.72. The van der Waals surface area contributed by atoms with Crippen molar-refractivity contribution in [1.29, 1.82) is 0 Å². The Morgan fingerprint density at radius 3 is 2.21 bits per heavy atom. The highest BCUT2D eigenvalue weighted by molar-refractivity contribution is 7.89. The molecule has 29 heavy (non-hydrogen) atoms. The van der Waals surface area contributed by atoms with Gasteiger partial charge in [0.1, 0.15) is 0 Å². The molecule has 0 aliphatic carbocycles. The number of nitrogens with one attached hydrogen (secondary N) is 1. The summed E-state index contributed by atoms with van der Waals surface area (Å²) >= 11 is 0. The molecule has 0 saturated carbocycles. The van der Waals surface area contributed by atoms with Gasteiger partial charge in [-0.1, -0.05) is 41.5 Å². The first-order chi connectivity index (χ1) is 13.7. The molecule has 1 aliphatic rings. The number of sulfonamides is 1. The van der Waals surface area contributed by atoms with Gasteiger partial charge in [0.2, 0.25) is 10.0 Å². The fourth-order valence-corrected chi connectivity index (χ4v) is 5.28. The van der Waals surface area contributed by atoms with E-state index < -0.39 is 15.6 Å². The zero-order chi connectivity index (χ0) is 21.1. The quantitative estimate of drug-likeness (QED) is 0.732. The third-order valence-corrected chi connectivity index (χ3v) is 7.31. The smallest absolute Gasteiger partial charge is 0.251 e. The van der Waals surface area contributed by atoms with Crippen molar-refractivity contribution in [1.82, 2.24) is 9.62 Å². The van der Waals surface area contributed by atoms with E-state index in [0.29, 0.717) is 42.8 Å². The van der Waals surface area contributed by atoms with E-state index in [0.717, 1.165) is 11.1 Å². The number of piperidine rings is 1. The van der Waals surface area contributed by atoms with Crippen LogP contribution in [0.5, 0.6) is 0 Å². The number of nitrogens with zero attached hydrogens (tertiary/aromatic N) is 1. The van der Waals surface area contributed by atoms with Crippen LogP contribution in [0.2, 0.25) is 0 Å². The van der Waals surface area contributed by atoms with E-state index in [2.05, 4.69) is 11.9 Å². The third kappa shape index (κ3) is 4.95. The molecule has 2 aromatic rings. The van der Waals surface area contributed by atoms with Crippen LogP contribution < -0.4 is 5.32 Å². The molecule has 0 atom stereocenters. The van der Waals surface area contributed by atoms with E-state index in [4.69, 9.17) is 0 Å². The average Bonchev–Trinajstić information content (AvgIpc) is 2.69. The zero-order valence-electron chi connectivity index (χ0n) is 17.0. The fourth-order valence-electron chi connectivity index (χ4n) is 3.84. The molecule has 6 heteroatoms. The molecule has 0 aromatic heterocycles. The van der Waals surface area contributed by atoms with Crippen molar-refractivity contribution in [3.8, 4) is 0 Å². The van der Waals surface area contributed by atoms with Crippen molar-refractivity contribution in [2.45, 2.75) is 43.5 Å². The molecule has 0 bridgehead atoms. The van der Waals surface area contributed by atoms with Gasteiger partial charge in [-0.15, -0.1) is 6.58 Å². The number of carbonyl (C=O) groups is 1. The van der Waals surface area contributed by atoms with Gasteiger partial charge in [0.15, 0.2) is 0 Å². The summed E-state index contributed by atoms with van der Waals surface area (Å²) in [5.41, 5.74) is 2.10. The number of aryl methyl sites for hydroxylation is 1. The minimum absolute atomic E-state index is 0.137. The maximum Gasteiger partial charge on any atom is 0.251 e. The fraction of sp³-hybridized carbons (Fsp3) is 0.348. The second-order valence-corrected chi connectivity index (χ2v) is 9.89.